The van der Waals surface area contributed by atoms with Crippen molar-refractivity contribution in [2.45, 2.75) is 13.0 Å². The standard InChI is InChI=1S/C23H20FN3O/c24-18-7-5-6-17(14-18)15-27-16-21(20-9-1-2-10-22(20)27)23(28)26-13-11-19-8-3-4-12-25-19/h1-10,12,14,16H,11,13,15H2,(H,26,28). The molecule has 4 rings (SSSR count). The van der Waals surface area contributed by atoms with E-state index in [-0.39, 0.29) is 11.7 Å². The van der Waals surface area contributed by atoms with Gasteiger partial charge in [0.1, 0.15) is 5.82 Å². The number of carbonyl (C=O) groups is 1. The van der Waals surface area contributed by atoms with Crippen molar-refractivity contribution in [1.82, 2.24) is 14.9 Å². The molecule has 2 aromatic heterocycles. The fourth-order valence-corrected chi connectivity index (χ4v) is 3.34. The first-order valence-corrected chi connectivity index (χ1v) is 9.21. The van der Waals surface area contributed by atoms with E-state index in [1.165, 1.54) is 12.1 Å². The SMILES string of the molecule is O=C(NCCc1ccccn1)c1cn(Cc2cccc(F)c2)c2ccccc12. The average Bonchev–Trinajstić information content (AvgIpc) is 3.07. The molecule has 0 saturated carbocycles. The number of carbonyl (C=O) groups excluding carboxylic acids is 1. The van der Waals surface area contributed by atoms with E-state index >= 15 is 0 Å². The molecule has 0 atom stereocenters. The lowest BCUT2D eigenvalue weighted by Crippen LogP contribution is -2.25. The van der Waals surface area contributed by atoms with E-state index in [1.807, 2.05) is 59.3 Å². The van der Waals surface area contributed by atoms with Crippen LogP contribution >= 0.6 is 0 Å². The van der Waals surface area contributed by atoms with E-state index in [1.54, 1.807) is 12.3 Å². The van der Waals surface area contributed by atoms with Crippen LogP contribution in [0.2, 0.25) is 0 Å². The molecule has 28 heavy (non-hydrogen) atoms. The summed E-state index contributed by atoms with van der Waals surface area (Å²) in [5.41, 5.74) is 3.36. The summed E-state index contributed by atoms with van der Waals surface area (Å²) >= 11 is 0. The van der Waals surface area contributed by atoms with Crippen LogP contribution < -0.4 is 5.32 Å². The summed E-state index contributed by atoms with van der Waals surface area (Å²) in [7, 11) is 0. The topological polar surface area (TPSA) is 46.9 Å². The lowest BCUT2D eigenvalue weighted by molar-refractivity contribution is 0.0955. The highest BCUT2D eigenvalue weighted by molar-refractivity contribution is 6.07. The van der Waals surface area contributed by atoms with Gasteiger partial charge in [-0.15, -0.1) is 0 Å². The Kier molecular flexibility index (Phi) is 5.15. The second-order valence-corrected chi connectivity index (χ2v) is 6.64. The number of rotatable bonds is 6. The van der Waals surface area contributed by atoms with Gasteiger partial charge < -0.3 is 9.88 Å². The normalized spacial score (nSPS) is 10.9. The van der Waals surface area contributed by atoms with Crippen LogP contribution in [0.4, 0.5) is 4.39 Å². The van der Waals surface area contributed by atoms with E-state index in [4.69, 9.17) is 0 Å². The van der Waals surface area contributed by atoms with Crippen LogP contribution in [0, 0.1) is 5.82 Å². The molecule has 0 bridgehead atoms. The number of amides is 1. The first-order valence-electron chi connectivity index (χ1n) is 9.21. The second-order valence-electron chi connectivity index (χ2n) is 6.64. The lowest BCUT2D eigenvalue weighted by atomic mass is 10.1. The first-order chi connectivity index (χ1) is 13.7. The highest BCUT2D eigenvalue weighted by Gasteiger charge is 2.15. The van der Waals surface area contributed by atoms with E-state index in [9.17, 15) is 9.18 Å². The number of hydrogen-bond donors (Lipinski definition) is 1. The van der Waals surface area contributed by atoms with Crippen molar-refractivity contribution in [2.24, 2.45) is 0 Å². The Morgan fingerprint density at radius 3 is 2.71 bits per heavy atom. The number of aromatic nitrogens is 2. The van der Waals surface area contributed by atoms with Gasteiger partial charge in [-0.05, 0) is 35.9 Å². The predicted molar refractivity (Wildman–Crippen MR) is 108 cm³/mol. The number of benzene rings is 2. The number of halogens is 1. The highest BCUT2D eigenvalue weighted by Crippen LogP contribution is 2.22. The molecular weight excluding hydrogens is 353 g/mol. The third-order valence-electron chi connectivity index (χ3n) is 4.67. The first kappa shape index (κ1) is 17.9. The molecular formula is C23H20FN3O. The van der Waals surface area contributed by atoms with Crippen LogP contribution in [0.3, 0.4) is 0 Å². The molecule has 2 aromatic carbocycles. The monoisotopic (exact) mass is 373 g/mol. The summed E-state index contributed by atoms with van der Waals surface area (Å²) in [4.78, 5) is 17.0. The largest absolute Gasteiger partial charge is 0.352 e. The number of para-hydroxylation sites is 1. The van der Waals surface area contributed by atoms with Crippen LogP contribution in [0.1, 0.15) is 21.6 Å². The number of nitrogens with one attached hydrogen (secondary N) is 1. The maximum absolute atomic E-state index is 13.5. The summed E-state index contributed by atoms with van der Waals surface area (Å²) in [6.07, 6.45) is 4.26. The second kappa shape index (κ2) is 8.05. The zero-order valence-corrected chi connectivity index (χ0v) is 15.3. The van der Waals surface area contributed by atoms with Gasteiger partial charge >= 0.3 is 0 Å². The van der Waals surface area contributed by atoms with Gasteiger partial charge in [-0.1, -0.05) is 36.4 Å². The Bertz CT molecular complexity index is 1110. The smallest absolute Gasteiger partial charge is 0.253 e. The van der Waals surface area contributed by atoms with Gasteiger partial charge in [-0.3, -0.25) is 9.78 Å². The predicted octanol–water partition coefficient (Wildman–Crippen LogP) is 4.20. The third-order valence-corrected chi connectivity index (χ3v) is 4.67. The van der Waals surface area contributed by atoms with E-state index in [0.717, 1.165) is 22.2 Å². The lowest BCUT2D eigenvalue weighted by Gasteiger charge is -2.05. The van der Waals surface area contributed by atoms with Gasteiger partial charge in [0.25, 0.3) is 5.91 Å². The van der Waals surface area contributed by atoms with Crippen LogP contribution in [0.15, 0.2) is 79.1 Å². The van der Waals surface area contributed by atoms with Crippen molar-refractivity contribution < 1.29 is 9.18 Å². The maximum atomic E-state index is 13.5. The summed E-state index contributed by atoms with van der Waals surface area (Å²) in [5.74, 6) is -0.383. The summed E-state index contributed by atoms with van der Waals surface area (Å²) in [5, 5.41) is 3.86. The molecule has 2 heterocycles. The van der Waals surface area contributed by atoms with Crippen molar-refractivity contribution in [2.75, 3.05) is 6.54 Å². The molecule has 0 radical (unpaired) electrons. The fraction of sp³-hybridized carbons (Fsp3) is 0.130. The molecule has 0 aliphatic heterocycles. The minimum Gasteiger partial charge on any atom is -0.352 e. The molecule has 5 heteroatoms. The molecule has 0 aliphatic carbocycles. The van der Waals surface area contributed by atoms with Gasteiger partial charge in [-0.25, -0.2) is 4.39 Å². The molecule has 4 nitrogen and oxygen atoms in total. The molecule has 140 valence electrons. The van der Waals surface area contributed by atoms with Gasteiger partial charge in [0.05, 0.1) is 5.56 Å². The quantitative estimate of drug-likeness (QED) is 0.551. The Hall–Kier alpha value is -3.47. The maximum Gasteiger partial charge on any atom is 0.253 e. The van der Waals surface area contributed by atoms with E-state index in [2.05, 4.69) is 10.3 Å². The van der Waals surface area contributed by atoms with Crippen LogP contribution in [-0.2, 0) is 13.0 Å². The number of hydrogen-bond acceptors (Lipinski definition) is 2. The molecule has 4 aromatic rings. The zero-order valence-electron chi connectivity index (χ0n) is 15.3. The number of pyridine rings is 1. The minimum absolute atomic E-state index is 0.120. The van der Waals surface area contributed by atoms with Crippen molar-refractivity contribution in [3.8, 4) is 0 Å². The van der Waals surface area contributed by atoms with Crippen LogP contribution in [0.25, 0.3) is 10.9 Å². The minimum atomic E-state index is -0.263. The fourth-order valence-electron chi connectivity index (χ4n) is 3.34. The Morgan fingerprint density at radius 2 is 1.89 bits per heavy atom. The van der Waals surface area contributed by atoms with Crippen molar-refractivity contribution in [3.63, 3.8) is 0 Å². The van der Waals surface area contributed by atoms with Gasteiger partial charge in [0.2, 0.25) is 0 Å². The molecule has 1 amide bonds. The Balaban J connectivity index is 1.54. The molecule has 0 fully saturated rings. The number of fused-ring (bicyclic) bond motifs is 1. The van der Waals surface area contributed by atoms with Crippen LogP contribution in [0.5, 0.6) is 0 Å². The Morgan fingerprint density at radius 1 is 1.04 bits per heavy atom. The molecule has 0 unspecified atom stereocenters. The van der Waals surface area contributed by atoms with Crippen LogP contribution in [-0.4, -0.2) is 22.0 Å². The van der Waals surface area contributed by atoms with Crippen molar-refractivity contribution in [1.29, 1.82) is 0 Å². The van der Waals surface area contributed by atoms with Crippen molar-refractivity contribution in [3.05, 3.63) is 102 Å². The van der Waals surface area contributed by atoms with E-state index in [0.29, 0.717) is 25.1 Å². The highest BCUT2D eigenvalue weighted by atomic mass is 19.1. The Labute approximate surface area is 162 Å². The summed E-state index contributed by atoms with van der Waals surface area (Å²) < 4.78 is 15.5. The zero-order chi connectivity index (χ0) is 19.3. The summed E-state index contributed by atoms with van der Waals surface area (Å²) in [6.45, 7) is 1.01. The van der Waals surface area contributed by atoms with Gasteiger partial charge in [0.15, 0.2) is 0 Å². The van der Waals surface area contributed by atoms with E-state index < -0.39 is 0 Å². The third kappa shape index (κ3) is 3.93. The molecule has 0 spiro atoms. The van der Waals surface area contributed by atoms with Gasteiger partial charge in [0, 0.05) is 48.5 Å². The molecule has 1 N–H and O–H groups in total. The molecule has 0 aliphatic rings. The average molecular weight is 373 g/mol. The van der Waals surface area contributed by atoms with Crippen molar-refractivity contribution >= 4 is 16.8 Å². The molecule has 0 saturated heterocycles. The van der Waals surface area contributed by atoms with Gasteiger partial charge in [-0.2, -0.15) is 0 Å². The number of nitrogens with zero attached hydrogens (tertiary/aromatic N) is 2. The summed E-state index contributed by atoms with van der Waals surface area (Å²) in [6, 6.07) is 20.0.